The number of unbranched alkanes of at least 4 members (excludes halogenated alkanes) is 18. The van der Waals surface area contributed by atoms with Crippen LogP contribution in [0.2, 0.25) is 0 Å². The molecule has 1 aliphatic rings. The Bertz CT molecular complexity index is 1390. The number of benzene rings is 2. The molecule has 0 aromatic heterocycles. The van der Waals surface area contributed by atoms with Crippen molar-refractivity contribution in [3.8, 4) is 0 Å². The van der Waals surface area contributed by atoms with Crippen molar-refractivity contribution in [2.24, 2.45) is 0 Å². The molecular formula is C50H79NO9. The zero-order chi connectivity index (χ0) is 43.0. The van der Waals surface area contributed by atoms with E-state index in [1.54, 1.807) is 0 Å². The molecule has 2 aromatic carbocycles. The number of nitrogens with one attached hydrogen (secondary N) is 1. The van der Waals surface area contributed by atoms with Gasteiger partial charge in [0.15, 0.2) is 12.4 Å². The summed E-state index contributed by atoms with van der Waals surface area (Å²) in [5, 5.41) is 34.4. The molecule has 1 saturated heterocycles. The van der Waals surface area contributed by atoms with Crippen LogP contribution in [0.5, 0.6) is 0 Å². The van der Waals surface area contributed by atoms with E-state index in [0.29, 0.717) is 12.8 Å². The average Bonchev–Trinajstić information content (AvgIpc) is 3.25. The van der Waals surface area contributed by atoms with Gasteiger partial charge < -0.3 is 34.8 Å². The van der Waals surface area contributed by atoms with Crippen LogP contribution < -0.4 is 5.32 Å². The molecule has 0 unspecified atom stereocenters. The average molecular weight is 838 g/mol. The highest BCUT2D eigenvalue weighted by Gasteiger charge is 2.47. The van der Waals surface area contributed by atoms with Crippen molar-refractivity contribution in [1.29, 1.82) is 0 Å². The normalized spacial score (nSPS) is 19.4. The summed E-state index contributed by atoms with van der Waals surface area (Å²) in [6, 6.07) is 19.7. The lowest BCUT2D eigenvalue weighted by molar-refractivity contribution is -0.259. The number of rotatable bonds is 34. The molecule has 60 heavy (non-hydrogen) atoms. The maximum atomic E-state index is 13.5. The van der Waals surface area contributed by atoms with Gasteiger partial charge in [-0.15, -0.1) is 0 Å². The van der Waals surface area contributed by atoms with Gasteiger partial charge in [-0.2, -0.15) is 0 Å². The minimum atomic E-state index is -1.64. The highest BCUT2D eigenvalue weighted by Crippen LogP contribution is 2.25. The molecule has 3 rings (SSSR count). The Hall–Kier alpha value is -3.31. The number of carbonyl (C=O) groups excluding carboxylic acids is 3. The van der Waals surface area contributed by atoms with E-state index in [2.05, 4.69) is 60.8 Å². The number of amides is 1. The molecule has 0 spiro atoms. The summed E-state index contributed by atoms with van der Waals surface area (Å²) in [4.78, 5) is 39.5. The highest BCUT2D eigenvalue weighted by molar-refractivity contribution is 5.78. The molecular weight excluding hydrogens is 759 g/mol. The van der Waals surface area contributed by atoms with Crippen LogP contribution in [-0.4, -0.2) is 76.5 Å². The number of aliphatic hydroxyl groups is 3. The van der Waals surface area contributed by atoms with Crippen molar-refractivity contribution in [2.75, 3.05) is 6.61 Å². The number of ether oxygens (including phenoxy) is 3. The second kappa shape index (κ2) is 32.4. The third-order valence-corrected chi connectivity index (χ3v) is 11.7. The topological polar surface area (TPSA) is 152 Å². The third-order valence-electron chi connectivity index (χ3n) is 11.7. The van der Waals surface area contributed by atoms with E-state index in [9.17, 15) is 29.7 Å². The molecule has 2 aromatic rings. The number of carbonyl (C=O) groups is 3. The molecule has 1 fully saturated rings. The van der Waals surface area contributed by atoms with Crippen molar-refractivity contribution < 1.29 is 43.9 Å². The first kappa shape index (κ1) is 51.0. The molecule has 0 radical (unpaired) electrons. The van der Waals surface area contributed by atoms with Crippen molar-refractivity contribution >= 4 is 17.8 Å². The second-order valence-corrected chi connectivity index (χ2v) is 16.9. The number of aliphatic hydroxyl groups excluding tert-OH is 3. The van der Waals surface area contributed by atoms with E-state index in [1.807, 2.05) is 12.1 Å². The van der Waals surface area contributed by atoms with Crippen molar-refractivity contribution in [2.45, 2.75) is 217 Å². The van der Waals surface area contributed by atoms with Gasteiger partial charge in [0.05, 0.1) is 13.0 Å². The lowest BCUT2D eigenvalue weighted by atomic mass is 9.96. The van der Waals surface area contributed by atoms with Crippen molar-refractivity contribution in [3.05, 3.63) is 71.8 Å². The Labute approximate surface area is 361 Å². The molecule has 1 amide bonds. The lowest BCUT2D eigenvalue weighted by Gasteiger charge is -2.42. The van der Waals surface area contributed by atoms with Crippen LogP contribution in [0.15, 0.2) is 60.7 Å². The van der Waals surface area contributed by atoms with E-state index in [1.165, 1.54) is 43.2 Å². The minimum Gasteiger partial charge on any atom is -0.462 e. The first-order valence-electron chi connectivity index (χ1n) is 23.7. The number of esters is 2. The molecule has 338 valence electrons. The van der Waals surface area contributed by atoms with Gasteiger partial charge in [0, 0.05) is 12.8 Å². The summed E-state index contributed by atoms with van der Waals surface area (Å²) in [5.74, 6) is -1.40. The molecule has 1 heterocycles. The van der Waals surface area contributed by atoms with E-state index < -0.39 is 55.2 Å². The van der Waals surface area contributed by atoms with Crippen LogP contribution in [0.3, 0.4) is 0 Å². The first-order chi connectivity index (χ1) is 29.3. The molecule has 4 N–H and O–H groups in total. The predicted molar refractivity (Wildman–Crippen MR) is 237 cm³/mol. The number of hydrogen-bond donors (Lipinski definition) is 4. The highest BCUT2D eigenvalue weighted by atomic mass is 16.6. The van der Waals surface area contributed by atoms with Gasteiger partial charge in [-0.3, -0.25) is 14.4 Å². The Balaban J connectivity index is 1.45. The molecule has 0 aliphatic carbocycles. The molecule has 6 atom stereocenters. The largest absolute Gasteiger partial charge is 0.462 e. The van der Waals surface area contributed by atoms with Crippen LogP contribution in [0.4, 0.5) is 0 Å². The van der Waals surface area contributed by atoms with E-state index >= 15 is 0 Å². The SMILES string of the molecule is CCCCCCCCCCC[C@@H](CC(=O)N[C@@H]1[C@@H](OC(=O)CCCCCCCCc2ccccc2)[C@H](O)[C@@H](CO)O[C@H]1O)OC(=O)CCCCCCCCc1ccccc1. The first-order valence-corrected chi connectivity index (χ1v) is 23.7. The molecule has 10 nitrogen and oxygen atoms in total. The summed E-state index contributed by atoms with van der Waals surface area (Å²) >= 11 is 0. The molecule has 10 heteroatoms. The standard InChI is InChI=1S/C50H79NO9/c1-2-3-4-5-6-7-8-15-26-35-42(58-45(54)36-27-16-11-9-13-20-29-40-31-22-18-23-32-40)38-44(53)51-47-49(48(56)43(39-52)59-50(47)57)60-46(55)37-28-17-12-10-14-21-30-41-33-24-19-25-34-41/h18-19,22-25,31-34,42-43,47-50,52,56-57H,2-17,20-21,26-30,35-39H2,1H3,(H,51,53)/t42-,43+,47+,48+,49+,50+/m0/s1. The fourth-order valence-corrected chi connectivity index (χ4v) is 8.07. The van der Waals surface area contributed by atoms with E-state index in [0.717, 1.165) is 109 Å². The Morgan fingerprint density at radius 3 is 1.62 bits per heavy atom. The van der Waals surface area contributed by atoms with Gasteiger partial charge in [-0.25, -0.2) is 0 Å². The number of hydrogen-bond acceptors (Lipinski definition) is 9. The maximum absolute atomic E-state index is 13.5. The number of aryl methyl sites for hydroxylation is 2. The van der Waals surface area contributed by atoms with Crippen LogP contribution in [-0.2, 0) is 41.4 Å². The smallest absolute Gasteiger partial charge is 0.306 e. The maximum Gasteiger partial charge on any atom is 0.306 e. The predicted octanol–water partition coefficient (Wildman–Crippen LogP) is 9.62. The zero-order valence-corrected chi connectivity index (χ0v) is 36.8. The van der Waals surface area contributed by atoms with Crippen LogP contribution in [0.25, 0.3) is 0 Å². The summed E-state index contributed by atoms with van der Waals surface area (Å²) in [7, 11) is 0. The van der Waals surface area contributed by atoms with Gasteiger partial charge in [0.2, 0.25) is 5.91 Å². The summed E-state index contributed by atoms with van der Waals surface area (Å²) in [6.45, 7) is 1.61. The Kier molecular flexibility index (Phi) is 27.6. The van der Waals surface area contributed by atoms with Gasteiger partial charge in [-0.1, -0.05) is 170 Å². The monoisotopic (exact) mass is 838 g/mol. The summed E-state index contributed by atoms with van der Waals surface area (Å²) in [6.07, 6.45) is 18.8. The lowest BCUT2D eigenvalue weighted by Crippen LogP contribution is -2.65. The fourth-order valence-electron chi connectivity index (χ4n) is 8.07. The van der Waals surface area contributed by atoms with Gasteiger partial charge in [-0.05, 0) is 62.5 Å². The second-order valence-electron chi connectivity index (χ2n) is 16.9. The van der Waals surface area contributed by atoms with Gasteiger partial charge >= 0.3 is 11.9 Å². The van der Waals surface area contributed by atoms with Crippen LogP contribution in [0.1, 0.15) is 179 Å². The van der Waals surface area contributed by atoms with Crippen molar-refractivity contribution in [1.82, 2.24) is 5.32 Å². The summed E-state index contributed by atoms with van der Waals surface area (Å²) in [5.41, 5.74) is 2.70. The van der Waals surface area contributed by atoms with E-state index in [4.69, 9.17) is 14.2 Å². The third kappa shape index (κ3) is 22.5. The zero-order valence-electron chi connectivity index (χ0n) is 36.8. The minimum absolute atomic E-state index is 0.125. The van der Waals surface area contributed by atoms with Crippen molar-refractivity contribution in [3.63, 3.8) is 0 Å². The van der Waals surface area contributed by atoms with E-state index in [-0.39, 0.29) is 25.2 Å². The van der Waals surface area contributed by atoms with Gasteiger partial charge in [0.25, 0.3) is 0 Å². The van der Waals surface area contributed by atoms with Gasteiger partial charge in [0.1, 0.15) is 24.4 Å². The summed E-state index contributed by atoms with van der Waals surface area (Å²) < 4.78 is 17.0. The molecule has 1 aliphatic heterocycles. The quantitative estimate of drug-likeness (QED) is 0.0399. The fraction of sp³-hybridized carbons (Fsp3) is 0.700. The van der Waals surface area contributed by atoms with Crippen LogP contribution >= 0.6 is 0 Å². The Morgan fingerprint density at radius 1 is 0.633 bits per heavy atom. The molecule has 0 saturated carbocycles. The van der Waals surface area contributed by atoms with Crippen LogP contribution in [0, 0.1) is 0 Å². The Morgan fingerprint density at radius 2 is 1.10 bits per heavy atom. The molecule has 0 bridgehead atoms.